The van der Waals surface area contributed by atoms with E-state index >= 15 is 0 Å². The van der Waals surface area contributed by atoms with Crippen molar-refractivity contribution in [3.05, 3.63) is 11.4 Å². The molecule has 0 spiro atoms. The van der Waals surface area contributed by atoms with Crippen LogP contribution in [0.4, 0.5) is 5.69 Å². The minimum atomic E-state index is -0.466. The highest BCUT2D eigenvalue weighted by Gasteiger charge is 2.19. The standard InChI is InChI=1S/C10H17N5O2/c1-5(4-7(11)16)13-10(17)9-8(12)6(2)14-15(9)3/h5H,4,12H2,1-3H3,(H2,11,16)(H,13,17). The molecule has 94 valence electrons. The molecule has 17 heavy (non-hydrogen) atoms. The van der Waals surface area contributed by atoms with E-state index in [4.69, 9.17) is 11.5 Å². The van der Waals surface area contributed by atoms with E-state index < -0.39 is 5.91 Å². The molecule has 0 saturated carbocycles. The fourth-order valence-corrected chi connectivity index (χ4v) is 1.59. The van der Waals surface area contributed by atoms with Crippen LogP contribution in [0.25, 0.3) is 0 Å². The molecule has 0 aromatic carbocycles. The second-order valence-corrected chi connectivity index (χ2v) is 4.02. The maximum Gasteiger partial charge on any atom is 0.271 e. The normalized spacial score (nSPS) is 12.2. The van der Waals surface area contributed by atoms with Gasteiger partial charge in [0, 0.05) is 19.5 Å². The third kappa shape index (κ3) is 2.96. The largest absolute Gasteiger partial charge is 0.395 e. The van der Waals surface area contributed by atoms with Gasteiger partial charge in [-0.05, 0) is 13.8 Å². The van der Waals surface area contributed by atoms with Crippen LogP contribution in [0.5, 0.6) is 0 Å². The molecule has 7 heteroatoms. The summed E-state index contributed by atoms with van der Waals surface area (Å²) in [6.45, 7) is 3.42. The molecule has 2 amide bonds. The van der Waals surface area contributed by atoms with E-state index in [2.05, 4.69) is 10.4 Å². The summed E-state index contributed by atoms with van der Waals surface area (Å²) in [5.74, 6) is -0.827. The number of hydrogen-bond acceptors (Lipinski definition) is 4. The zero-order chi connectivity index (χ0) is 13.2. The Balaban J connectivity index is 2.80. The van der Waals surface area contributed by atoms with Crippen LogP contribution in [0, 0.1) is 6.92 Å². The molecule has 1 unspecified atom stereocenters. The predicted octanol–water partition coefficient (Wildman–Crippen LogP) is -0.696. The van der Waals surface area contributed by atoms with E-state index in [0.717, 1.165) is 0 Å². The first-order valence-electron chi connectivity index (χ1n) is 5.21. The average Bonchev–Trinajstić information content (AvgIpc) is 2.39. The van der Waals surface area contributed by atoms with Crippen molar-refractivity contribution in [2.45, 2.75) is 26.3 Å². The summed E-state index contributed by atoms with van der Waals surface area (Å²) in [7, 11) is 1.64. The van der Waals surface area contributed by atoms with Gasteiger partial charge in [0.1, 0.15) is 5.69 Å². The lowest BCUT2D eigenvalue weighted by molar-refractivity contribution is -0.118. The first kappa shape index (κ1) is 13.0. The number of rotatable bonds is 4. The molecular formula is C10H17N5O2. The molecule has 0 aliphatic rings. The van der Waals surface area contributed by atoms with Gasteiger partial charge in [-0.1, -0.05) is 0 Å². The fraction of sp³-hybridized carbons (Fsp3) is 0.500. The van der Waals surface area contributed by atoms with Crippen LogP contribution < -0.4 is 16.8 Å². The van der Waals surface area contributed by atoms with E-state index in [9.17, 15) is 9.59 Å². The van der Waals surface area contributed by atoms with Crippen LogP contribution in [0.3, 0.4) is 0 Å². The second kappa shape index (κ2) is 4.86. The minimum Gasteiger partial charge on any atom is -0.395 e. The lowest BCUT2D eigenvalue weighted by Crippen LogP contribution is -2.36. The highest BCUT2D eigenvalue weighted by atomic mass is 16.2. The Hall–Kier alpha value is -2.05. The molecule has 1 aromatic rings. The Bertz CT molecular complexity index is 452. The van der Waals surface area contributed by atoms with Crippen LogP contribution in [-0.4, -0.2) is 27.6 Å². The molecule has 1 heterocycles. The monoisotopic (exact) mass is 239 g/mol. The third-order valence-corrected chi connectivity index (χ3v) is 2.37. The molecule has 1 aromatic heterocycles. The number of anilines is 1. The Morgan fingerprint density at radius 3 is 2.53 bits per heavy atom. The Morgan fingerprint density at radius 2 is 2.12 bits per heavy atom. The van der Waals surface area contributed by atoms with Crippen LogP contribution in [-0.2, 0) is 11.8 Å². The maximum absolute atomic E-state index is 11.9. The van der Waals surface area contributed by atoms with Crippen LogP contribution >= 0.6 is 0 Å². The number of carbonyl (C=O) groups is 2. The molecule has 0 saturated heterocycles. The summed E-state index contributed by atoms with van der Waals surface area (Å²) in [6.07, 6.45) is 0.0858. The zero-order valence-electron chi connectivity index (χ0n) is 10.2. The number of carbonyl (C=O) groups excluding carboxylic acids is 2. The van der Waals surface area contributed by atoms with Crippen LogP contribution in [0.1, 0.15) is 29.5 Å². The summed E-state index contributed by atoms with van der Waals surface area (Å²) in [4.78, 5) is 22.6. The fourth-order valence-electron chi connectivity index (χ4n) is 1.59. The number of nitrogens with one attached hydrogen (secondary N) is 1. The van der Waals surface area contributed by atoms with Crippen molar-refractivity contribution in [3.8, 4) is 0 Å². The molecule has 1 atom stereocenters. The van der Waals surface area contributed by atoms with E-state index in [1.807, 2.05) is 0 Å². The van der Waals surface area contributed by atoms with Crippen LogP contribution in [0.2, 0.25) is 0 Å². The van der Waals surface area contributed by atoms with Crippen molar-refractivity contribution in [1.29, 1.82) is 0 Å². The molecule has 5 N–H and O–H groups in total. The quantitative estimate of drug-likeness (QED) is 0.644. The second-order valence-electron chi connectivity index (χ2n) is 4.02. The average molecular weight is 239 g/mol. The molecule has 0 aliphatic heterocycles. The molecule has 0 bridgehead atoms. The predicted molar refractivity (Wildman–Crippen MR) is 63.1 cm³/mol. The molecular weight excluding hydrogens is 222 g/mol. The van der Waals surface area contributed by atoms with Crippen molar-refractivity contribution >= 4 is 17.5 Å². The number of hydrogen-bond donors (Lipinski definition) is 3. The molecule has 0 aliphatic carbocycles. The van der Waals surface area contributed by atoms with E-state index in [1.165, 1.54) is 4.68 Å². The van der Waals surface area contributed by atoms with Crippen molar-refractivity contribution in [3.63, 3.8) is 0 Å². The van der Waals surface area contributed by atoms with E-state index in [1.54, 1.807) is 20.9 Å². The van der Waals surface area contributed by atoms with Crippen molar-refractivity contribution in [1.82, 2.24) is 15.1 Å². The summed E-state index contributed by atoms with van der Waals surface area (Å²) in [5.41, 5.74) is 12.0. The Labute approximate surface area is 99.1 Å². The highest BCUT2D eigenvalue weighted by Crippen LogP contribution is 2.15. The van der Waals surface area contributed by atoms with Gasteiger partial charge in [0.2, 0.25) is 5.91 Å². The Kier molecular flexibility index (Phi) is 3.72. The van der Waals surface area contributed by atoms with Gasteiger partial charge in [0.05, 0.1) is 11.4 Å². The number of aryl methyl sites for hydroxylation is 2. The van der Waals surface area contributed by atoms with Crippen molar-refractivity contribution in [2.75, 3.05) is 5.73 Å². The van der Waals surface area contributed by atoms with Gasteiger partial charge in [-0.25, -0.2) is 0 Å². The van der Waals surface area contributed by atoms with Crippen molar-refractivity contribution < 1.29 is 9.59 Å². The van der Waals surface area contributed by atoms with E-state index in [0.29, 0.717) is 17.1 Å². The number of nitrogens with zero attached hydrogens (tertiary/aromatic N) is 2. The molecule has 1 rings (SSSR count). The van der Waals surface area contributed by atoms with Gasteiger partial charge in [-0.2, -0.15) is 5.10 Å². The maximum atomic E-state index is 11.9. The van der Waals surface area contributed by atoms with Gasteiger partial charge >= 0.3 is 0 Å². The first-order valence-corrected chi connectivity index (χ1v) is 5.21. The summed E-state index contributed by atoms with van der Waals surface area (Å²) in [5, 5.41) is 6.68. The summed E-state index contributed by atoms with van der Waals surface area (Å²) >= 11 is 0. The molecule has 0 radical (unpaired) electrons. The number of primary amides is 1. The van der Waals surface area contributed by atoms with Gasteiger partial charge in [-0.3, -0.25) is 14.3 Å². The highest BCUT2D eigenvalue weighted by molar-refractivity contribution is 5.98. The topological polar surface area (TPSA) is 116 Å². The molecule has 0 fully saturated rings. The molecule has 7 nitrogen and oxygen atoms in total. The number of nitrogen functional groups attached to an aromatic ring is 1. The Morgan fingerprint density at radius 1 is 1.53 bits per heavy atom. The van der Waals surface area contributed by atoms with Crippen molar-refractivity contribution in [2.24, 2.45) is 12.8 Å². The summed E-state index contributed by atoms with van der Waals surface area (Å²) < 4.78 is 1.41. The number of amides is 2. The van der Waals surface area contributed by atoms with Crippen LogP contribution in [0.15, 0.2) is 0 Å². The SMILES string of the molecule is Cc1nn(C)c(C(=O)NC(C)CC(N)=O)c1N. The number of nitrogens with two attached hydrogens (primary N) is 2. The minimum absolute atomic E-state index is 0.0858. The lowest BCUT2D eigenvalue weighted by atomic mass is 10.2. The van der Waals surface area contributed by atoms with E-state index in [-0.39, 0.29) is 18.4 Å². The summed E-state index contributed by atoms with van der Waals surface area (Å²) in [6, 6.07) is -0.338. The zero-order valence-corrected chi connectivity index (χ0v) is 10.2. The number of aromatic nitrogens is 2. The smallest absolute Gasteiger partial charge is 0.271 e. The third-order valence-electron chi connectivity index (χ3n) is 2.37. The van der Waals surface area contributed by atoms with Gasteiger partial charge in [0.25, 0.3) is 5.91 Å². The van der Waals surface area contributed by atoms with Gasteiger partial charge < -0.3 is 16.8 Å². The van der Waals surface area contributed by atoms with Gasteiger partial charge in [0.15, 0.2) is 0 Å². The van der Waals surface area contributed by atoms with Gasteiger partial charge in [-0.15, -0.1) is 0 Å². The first-order chi connectivity index (χ1) is 7.82. The lowest BCUT2D eigenvalue weighted by Gasteiger charge is -2.12.